The standard InChI is InChI=1S/C38H31ClFN3O5S/c1-20-4-2-6-28(33(20)44)32-26-15-16-27-31(36(47)42(34(27)45)19-25-5-3-17-49-25)29(26)18-30-35(46)43(41-24-13-11-23(40)12-14-24)37(48)38(30,32)21-7-9-22(39)10-8-21/h2-15,17,27,29-32,41,44H,16,18-19H2,1H3/t27-,29+,30-,31-,32+,38+/m0/s1. The number of aryl methyl sites for hydroxylation is 1. The van der Waals surface area contributed by atoms with E-state index in [-0.39, 0.29) is 37.0 Å². The number of para-hydroxylation sites is 1. The average Bonchev–Trinajstić information content (AvgIpc) is 3.76. The molecule has 0 unspecified atom stereocenters. The number of carbonyl (C=O) groups is 4. The second kappa shape index (κ2) is 11.7. The van der Waals surface area contributed by atoms with E-state index in [1.807, 2.05) is 23.6 Å². The number of phenolic OH excluding ortho intramolecular Hbond substituents is 1. The summed E-state index contributed by atoms with van der Waals surface area (Å²) < 4.78 is 13.8. The number of nitrogens with zero attached hydrogens (tertiary/aromatic N) is 2. The molecule has 4 aromatic rings. The van der Waals surface area contributed by atoms with Crippen LogP contribution in [0, 0.1) is 36.4 Å². The van der Waals surface area contributed by atoms with Crippen LogP contribution in [0.15, 0.2) is 95.9 Å². The highest BCUT2D eigenvalue weighted by Crippen LogP contribution is 2.65. The van der Waals surface area contributed by atoms with Gasteiger partial charge in [-0.05, 0) is 84.7 Å². The van der Waals surface area contributed by atoms with Crippen LogP contribution in [0.1, 0.15) is 40.3 Å². The van der Waals surface area contributed by atoms with Crippen molar-refractivity contribution in [3.8, 4) is 5.75 Å². The summed E-state index contributed by atoms with van der Waals surface area (Å²) in [5.41, 5.74) is 4.03. The Labute approximate surface area is 290 Å². The molecule has 0 bridgehead atoms. The second-order valence-electron chi connectivity index (χ2n) is 13.2. The SMILES string of the molecule is Cc1cccc([C@H]2C3=CC[C@@H]4C(=O)N(Cc5cccs5)C(=O)[C@@H]4[C@@H]3C[C@H]3C(=O)N(Nc4ccc(F)cc4)C(=O)[C@@]23c2ccc(Cl)cc2)c1O. The lowest BCUT2D eigenvalue weighted by Crippen LogP contribution is -2.53. The van der Waals surface area contributed by atoms with Crippen LogP contribution in [-0.2, 0) is 31.1 Å². The van der Waals surface area contributed by atoms with E-state index < -0.39 is 52.6 Å². The van der Waals surface area contributed by atoms with Crippen molar-refractivity contribution in [3.63, 3.8) is 0 Å². The van der Waals surface area contributed by atoms with Gasteiger partial charge in [0.2, 0.25) is 11.8 Å². The minimum Gasteiger partial charge on any atom is -0.507 e. The van der Waals surface area contributed by atoms with Gasteiger partial charge in [0.25, 0.3) is 11.8 Å². The van der Waals surface area contributed by atoms with Gasteiger partial charge in [0.15, 0.2) is 0 Å². The molecule has 3 heterocycles. The fourth-order valence-corrected chi connectivity index (χ4v) is 9.51. The van der Waals surface area contributed by atoms with Gasteiger partial charge in [-0.15, -0.1) is 11.3 Å². The second-order valence-corrected chi connectivity index (χ2v) is 14.7. The summed E-state index contributed by atoms with van der Waals surface area (Å²) in [6.07, 6.45) is 2.36. The number of halogens is 2. The molecule has 0 spiro atoms. The van der Waals surface area contributed by atoms with E-state index in [0.717, 1.165) is 15.5 Å². The van der Waals surface area contributed by atoms with Gasteiger partial charge < -0.3 is 5.11 Å². The number of thiophene rings is 1. The van der Waals surface area contributed by atoms with Crippen molar-refractivity contribution in [1.82, 2.24) is 9.91 Å². The maximum Gasteiger partial charge on any atom is 0.260 e. The van der Waals surface area contributed by atoms with Gasteiger partial charge in [0.1, 0.15) is 11.6 Å². The number of rotatable bonds is 6. The Morgan fingerprint density at radius 1 is 0.939 bits per heavy atom. The molecule has 11 heteroatoms. The molecular weight excluding hydrogens is 665 g/mol. The summed E-state index contributed by atoms with van der Waals surface area (Å²) in [4.78, 5) is 60.1. The predicted molar refractivity (Wildman–Crippen MR) is 182 cm³/mol. The number of imide groups is 2. The number of hydrazine groups is 1. The topological polar surface area (TPSA) is 107 Å². The zero-order valence-electron chi connectivity index (χ0n) is 26.3. The van der Waals surface area contributed by atoms with Crippen LogP contribution < -0.4 is 5.43 Å². The molecule has 2 aliphatic heterocycles. The van der Waals surface area contributed by atoms with Gasteiger partial charge in [-0.1, -0.05) is 59.6 Å². The van der Waals surface area contributed by atoms with Gasteiger partial charge in [-0.25, -0.2) is 4.39 Å². The van der Waals surface area contributed by atoms with E-state index >= 15 is 4.79 Å². The van der Waals surface area contributed by atoms with E-state index in [4.69, 9.17) is 11.6 Å². The molecule has 2 saturated heterocycles. The number of aromatic hydroxyl groups is 1. The quantitative estimate of drug-likeness (QED) is 0.171. The summed E-state index contributed by atoms with van der Waals surface area (Å²) in [5.74, 6) is -5.82. The van der Waals surface area contributed by atoms with Crippen molar-refractivity contribution in [2.24, 2.45) is 23.7 Å². The minimum atomic E-state index is -1.56. The van der Waals surface area contributed by atoms with Crippen LogP contribution in [0.25, 0.3) is 0 Å². The molecule has 49 heavy (non-hydrogen) atoms. The largest absolute Gasteiger partial charge is 0.507 e. The number of anilines is 1. The highest BCUT2D eigenvalue weighted by molar-refractivity contribution is 7.09. The highest BCUT2D eigenvalue weighted by Gasteiger charge is 2.70. The summed E-state index contributed by atoms with van der Waals surface area (Å²) in [5, 5.41) is 15.0. The number of nitrogens with one attached hydrogen (secondary N) is 1. The fraction of sp³-hybridized carbons (Fsp3) is 0.263. The molecule has 0 radical (unpaired) electrons. The van der Waals surface area contributed by atoms with Crippen LogP contribution in [0.5, 0.6) is 5.75 Å². The van der Waals surface area contributed by atoms with Crippen molar-refractivity contribution < 1.29 is 28.7 Å². The first-order valence-corrected chi connectivity index (χ1v) is 17.4. The number of hydrogen-bond acceptors (Lipinski definition) is 7. The van der Waals surface area contributed by atoms with Gasteiger partial charge in [0, 0.05) is 21.4 Å². The summed E-state index contributed by atoms with van der Waals surface area (Å²) in [6.45, 7) is 1.94. The molecule has 3 aromatic carbocycles. The monoisotopic (exact) mass is 695 g/mol. The number of fused-ring (bicyclic) bond motifs is 4. The number of likely N-dealkylation sites (tertiary alicyclic amines) is 1. The third-order valence-electron chi connectivity index (χ3n) is 10.8. The van der Waals surface area contributed by atoms with Crippen LogP contribution in [0.4, 0.5) is 10.1 Å². The molecular formula is C38H31ClFN3O5S. The zero-order valence-corrected chi connectivity index (χ0v) is 27.9. The van der Waals surface area contributed by atoms with E-state index in [0.29, 0.717) is 27.4 Å². The first kappa shape index (κ1) is 31.5. The number of hydrogen-bond donors (Lipinski definition) is 2. The maximum absolute atomic E-state index is 15.2. The van der Waals surface area contributed by atoms with E-state index in [1.54, 1.807) is 49.4 Å². The number of phenols is 1. The van der Waals surface area contributed by atoms with Crippen molar-refractivity contribution >= 4 is 52.3 Å². The Morgan fingerprint density at radius 2 is 1.69 bits per heavy atom. The fourth-order valence-electron chi connectivity index (χ4n) is 8.69. The highest BCUT2D eigenvalue weighted by atomic mass is 35.5. The normalized spacial score (nSPS) is 27.6. The first-order valence-electron chi connectivity index (χ1n) is 16.1. The Bertz CT molecular complexity index is 2050. The predicted octanol–water partition coefficient (Wildman–Crippen LogP) is 6.74. The summed E-state index contributed by atoms with van der Waals surface area (Å²) >= 11 is 7.81. The average molecular weight is 696 g/mol. The lowest BCUT2D eigenvalue weighted by Gasteiger charge is -2.50. The summed E-state index contributed by atoms with van der Waals surface area (Å²) in [7, 11) is 0. The molecule has 8 rings (SSSR count). The lowest BCUT2D eigenvalue weighted by atomic mass is 9.49. The molecule has 1 aromatic heterocycles. The molecule has 3 fully saturated rings. The molecule has 2 aliphatic carbocycles. The van der Waals surface area contributed by atoms with Gasteiger partial charge in [-0.2, -0.15) is 5.01 Å². The Hall–Kier alpha value is -4.80. The number of benzene rings is 3. The molecule has 4 amide bonds. The molecule has 2 N–H and O–H groups in total. The molecule has 248 valence electrons. The maximum atomic E-state index is 15.2. The Balaban J connectivity index is 1.32. The number of allylic oxidation sites excluding steroid dienone is 2. The van der Waals surface area contributed by atoms with Crippen LogP contribution in [0.2, 0.25) is 5.02 Å². The van der Waals surface area contributed by atoms with Gasteiger partial charge >= 0.3 is 0 Å². The van der Waals surface area contributed by atoms with Crippen molar-refractivity contribution in [1.29, 1.82) is 0 Å². The molecule has 6 atom stereocenters. The van der Waals surface area contributed by atoms with Crippen molar-refractivity contribution in [2.75, 3.05) is 5.43 Å². The van der Waals surface area contributed by atoms with Crippen LogP contribution in [0.3, 0.4) is 0 Å². The summed E-state index contributed by atoms with van der Waals surface area (Å²) in [6, 6.07) is 21.2. The van der Waals surface area contributed by atoms with Crippen molar-refractivity contribution in [2.45, 2.75) is 37.6 Å². The Morgan fingerprint density at radius 3 is 2.41 bits per heavy atom. The number of carbonyl (C=O) groups excluding carboxylic acids is 4. The first-order chi connectivity index (χ1) is 23.6. The molecule has 1 saturated carbocycles. The van der Waals surface area contributed by atoms with Crippen molar-refractivity contribution in [3.05, 3.63) is 128 Å². The minimum absolute atomic E-state index is 0.0124. The Kier molecular flexibility index (Phi) is 7.49. The van der Waals surface area contributed by atoms with Crippen LogP contribution in [-0.4, -0.2) is 38.6 Å². The van der Waals surface area contributed by atoms with E-state index in [9.17, 15) is 23.9 Å². The zero-order chi connectivity index (χ0) is 34.2. The van der Waals surface area contributed by atoms with Crippen LogP contribution >= 0.6 is 22.9 Å². The van der Waals surface area contributed by atoms with Gasteiger partial charge in [0.05, 0.1) is 35.4 Å². The smallest absolute Gasteiger partial charge is 0.260 e. The van der Waals surface area contributed by atoms with E-state index in [1.165, 1.54) is 40.5 Å². The third-order valence-corrected chi connectivity index (χ3v) is 11.9. The lowest BCUT2D eigenvalue weighted by molar-refractivity contribution is -0.141. The van der Waals surface area contributed by atoms with Gasteiger partial charge in [-0.3, -0.25) is 29.5 Å². The molecule has 8 nitrogen and oxygen atoms in total. The van der Waals surface area contributed by atoms with E-state index in [2.05, 4.69) is 5.43 Å². The number of amides is 4. The molecule has 4 aliphatic rings. The third kappa shape index (κ3) is 4.68.